The summed E-state index contributed by atoms with van der Waals surface area (Å²) in [5.74, 6) is -0.724. The standard InChI is InChI=1S/C18H22N6O4/c1-21-15-14(16(26)22(2)18(21)27)23-9-12(11-7-5-4-6-8-11)20-24(17(23)19-15)10-13(25)28-3/h4-8,14-15,17,19H,9-10H2,1-3H3. The molecular weight excluding hydrogens is 364 g/mol. The van der Waals surface area contributed by atoms with E-state index in [9.17, 15) is 14.4 Å². The van der Waals surface area contributed by atoms with Crippen molar-refractivity contribution in [2.24, 2.45) is 5.10 Å². The maximum Gasteiger partial charge on any atom is 0.327 e. The molecule has 3 heterocycles. The Labute approximate surface area is 162 Å². The summed E-state index contributed by atoms with van der Waals surface area (Å²) < 4.78 is 4.80. The molecule has 3 atom stereocenters. The van der Waals surface area contributed by atoms with E-state index >= 15 is 0 Å². The molecule has 0 aromatic heterocycles. The van der Waals surface area contributed by atoms with Gasteiger partial charge in [-0.2, -0.15) is 5.10 Å². The zero-order valence-corrected chi connectivity index (χ0v) is 15.9. The van der Waals surface area contributed by atoms with Crippen molar-refractivity contribution in [2.45, 2.75) is 18.5 Å². The molecule has 1 aromatic carbocycles. The number of hydrogen-bond donors (Lipinski definition) is 1. The van der Waals surface area contributed by atoms with E-state index in [0.29, 0.717) is 6.54 Å². The molecule has 0 bridgehead atoms. The van der Waals surface area contributed by atoms with Gasteiger partial charge in [0.1, 0.15) is 18.8 Å². The molecule has 10 nitrogen and oxygen atoms in total. The predicted octanol–water partition coefficient (Wildman–Crippen LogP) is -0.713. The Kier molecular flexibility index (Phi) is 4.52. The molecule has 0 radical (unpaired) electrons. The van der Waals surface area contributed by atoms with Crippen molar-refractivity contribution >= 4 is 23.6 Å². The number of urea groups is 1. The Bertz CT molecular complexity index is 844. The molecular formula is C18H22N6O4. The normalized spacial score (nSPS) is 27.5. The van der Waals surface area contributed by atoms with E-state index in [2.05, 4.69) is 10.4 Å². The Hall–Kier alpha value is -2.98. The third-order valence-electron chi connectivity index (χ3n) is 5.37. The summed E-state index contributed by atoms with van der Waals surface area (Å²) in [7, 11) is 4.45. The fourth-order valence-electron chi connectivity index (χ4n) is 3.88. The number of benzene rings is 1. The quantitative estimate of drug-likeness (QED) is 0.685. The number of likely N-dealkylation sites (N-methyl/N-ethyl adjacent to an activating group) is 2. The van der Waals surface area contributed by atoms with Crippen molar-refractivity contribution in [2.75, 3.05) is 34.3 Å². The van der Waals surface area contributed by atoms with Gasteiger partial charge in [-0.15, -0.1) is 0 Å². The third kappa shape index (κ3) is 2.81. The van der Waals surface area contributed by atoms with Crippen LogP contribution < -0.4 is 5.32 Å². The molecule has 2 saturated heterocycles. The summed E-state index contributed by atoms with van der Waals surface area (Å²) in [6, 6.07) is 8.64. The molecule has 0 aliphatic carbocycles. The molecule has 0 saturated carbocycles. The lowest BCUT2D eigenvalue weighted by atomic mass is 10.1. The second kappa shape index (κ2) is 6.88. The van der Waals surface area contributed by atoms with E-state index in [4.69, 9.17) is 4.74 Å². The molecule has 4 rings (SSSR count). The molecule has 2 fully saturated rings. The zero-order valence-electron chi connectivity index (χ0n) is 15.9. The van der Waals surface area contributed by atoms with Gasteiger partial charge in [-0.3, -0.25) is 24.8 Å². The summed E-state index contributed by atoms with van der Waals surface area (Å²) in [5, 5.41) is 9.49. The fraction of sp³-hybridized carbons (Fsp3) is 0.444. The number of nitrogens with one attached hydrogen (secondary N) is 1. The van der Waals surface area contributed by atoms with E-state index in [1.807, 2.05) is 35.2 Å². The summed E-state index contributed by atoms with van der Waals surface area (Å²) in [6.45, 7) is 0.324. The maximum atomic E-state index is 12.9. The molecule has 3 aliphatic heterocycles. The number of hydrazone groups is 1. The Balaban J connectivity index is 1.72. The summed E-state index contributed by atoms with van der Waals surface area (Å²) in [5.41, 5.74) is 1.64. The molecule has 1 N–H and O–H groups in total. The van der Waals surface area contributed by atoms with Gasteiger partial charge in [0.05, 0.1) is 12.8 Å². The highest BCUT2D eigenvalue weighted by Gasteiger charge is 2.56. The molecule has 0 spiro atoms. The van der Waals surface area contributed by atoms with Gasteiger partial charge in [0, 0.05) is 20.6 Å². The Morgan fingerprint density at radius 1 is 1.25 bits per heavy atom. The molecule has 148 valence electrons. The number of esters is 1. The SMILES string of the molecule is COC(=O)CN1N=C(c2ccccc2)CN2C3C(=O)N(C)C(=O)N(C)C3NC12. The molecule has 3 aliphatic rings. The van der Waals surface area contributed by atoms with Gasteiger partial charge in [-0.1, -0.05) is 30.3 Å². The number of carbonyl (C=O) groups excluding carboxylic acids is 3. The number of methoxy groups -OCH3 is 1. The number of ether oxygens (including phenoxy) is 1. The van der Waals surface area contributed by atoms with Crippen molar-refractivity contribution in [1.82, 2.24) is 25.0 Å². The lowest BCUT2D eigenvalue weighted by Gasteiger charge is -2.41. The molecule has 3 amide bonds. The number of fused-ring (bicyclic) bond motifs is 3. The predicted molar refractivity (Wildman–Crippen MR) is 98.8 cm³/mol. The number of amides is 3. The van der Waals surface area contributed by atoms with Crippen LogP contribution in [0.4, 0.5) is 4.79 Å². The summed E-state index contributed by atoms with van der Waals surface area (Å²) in [4.78, 5) is 41.7. The first-order valence-electron chi connectivity index (χ1n) is 8.95. The smallest absolute Gasteiger partial charge is 0.327 e. The zero-order chi connectivity index (χ0) is 20.0. The van der Waals surface area contributed by atoms with Crippen molar-refractivity contribution in [3.8, 4) is 0 Å². The number of hydrogen-bond acceptors (Lipinski definition) is 8. The Morgan fingerprint density at radius 3 is 2.64 bits per heavy atom. The first-order chi connectivity index (χ1) is 13.4. The van der Waals surface area contributed by atoms with E-state index in [0.717, 1.165) is 16.2 Å². The second-order valence-electron chi connectivity index (χ2n) is 6.98. The first-order valence-corrected chi connectivity index (χ1v) is 8.95. The molecule has 10 heteroatoms. The van der Waals surface area contributed by atoms with Gasteiger partial charge in [0.2, 0.25) is 0 Å². The molecule has 28 heavy (non-hydrogen) atoms. The number of nitrogens with zero attached hydrogens (tertiary/aromatic N) is 5. The minimum Gasteiger partial charge on any atom is -0.468 e. The van der Waals surface area contributed by atoms with Crippen molar-refractivity contribution < 1.29 is 19.1 Å². The van der Waals surface area contributed by atoms with Crippen LogP contribution in [0.25, 0.3) is 0 Å². The Morgan fingerprint density at radius 2 is 1.96 bits per heavy atom. The average Bonchev–Trinajstić information content (AvgIpc) is 3.11. The van der Waals surface area contributed by atoms with Crippen LogP contribution in [0.3, 0.4) is 0 Å². The van der Waals surface area contributed by atoms with E-state index in [1.54, 1.807) is 12.1 Å². The average molecular weight is 386 g/mol. The van der Waals surface area contributed by atoms with Crippen LogP contribution in [-0.4, -0.2) is 96.1 Å². The lowest BCUT2D eigenvalue weighted by Crippen LogP contribution is -2.65. The number of rotatable bonds is 3. The van der Waals surface area contributed by atoms with Crippen LogP contribution in [0, 0.1) is 0 Å². The lowest BCUT2D eigenvalue weighted by molar-refractivity contribution is -0.144. The van der Waals surface area contributed by atoms with Gasteiger partial charge in [-0.25, -0.2) is 9.69 Å². The van der Waals surface area contributed by atoms with Crippen LogP contribution in [0.1, 0.15) is 5.56 Å². The number of imide groups is 1. The molecule has 3 unspecified atom stereocenters. The van der Waals surface area contributed by atoms with Gasteiger partial charge < -0.3 is 9.64 Å². The van der Waals surface area contributed by atoms with E-state index in [-0.39, 0.29) is 18.5 Å². The monoisotopic (exact) mass is 386 g/mol. The van der Waals surface area contributed by atoms with E-state index < -0.39 is 24.5 Å². The minimum absolute atomic E-state index is 0.0812. The fourth-order valence-corrected chi connectivity index (χ4v) is 3.88. The maximum absolute atomic E-state index is 12.9. The van der Waals surface area contributed by atoms with Gasteiger partial charge >= 0.3 is 12.0 Å². The third-order valence-corrected chi connectivity index (χ3v) is 5.37. The summed E-state index contributed by atoms with van der Waals surface area (Å²) >= 11 is 0. The van der Waals surface area contributed by atoms with Crippen LogP contribution in [0.15, 0.2) is 35.4 Å². The van der Waals surface area contributed by atoms with Crippen molar-refractivity contribution in [3.63, 3.8) is 0 Å². The van der Waals surface area contributed by atoms with Crippen LogP contribution in [0.2, 0.25) is 0 Å². The van der Waals surface area contributed by atoms with Gasteiger partial charge in [0.25, 0.3) is 5.91 Å². The van der Waals surface area contributed by atoms with Gasteiger partial charge in [0.15, 0.2) is 6.29 Å². The largest absolute Gasteiger partial charge is 0.468 e. The van der Waals surface area contributed by atoms with Crippen molar-refractivity contribution in [1.29, 1.82) is 0 Å². The van der Waals surface area contributed by atoms with Gasteiger partial charge in [-0.05, 0) is 5.56 Å². The second-order valence-corrected chi connectivity index (χ2v) is 6.98. The van der Waals surface area contributed by atoms with Crippen LogP contribution >= 0.6 is 0 Å². The highest BCUT2D eigenvalue weighted by molar-refractivity contribution is 6.04. The minimum atomic E-state index is -0.577. The highest BCUT2D eigenvalue weighted by atomic mass is 16.5. The van der Waals surface area contributed by atoms with Crippen molar-refractivity contribution in [3.05, 3.63) is 35.9 Å². The summed E-state index contributed by atoms with van der Waals surface area (Å²) in [6.07, 6.45) is -1.01. The van der Waals surface area contributed by atoms with E-state index in [1.165, 1.54) is 19.1 Å². The molecule has 1 aromatic rings. The topological polar surface area (TPSA) is 97.8 Å². The number of carbonyl (C=O) groups is 3. The van der Waals surface area contributed by atoms with Crippen LogP contribution in [0.5, 0.6) is 0 Å². The highest BCUT2D eigenvalue weighted by Crippen LogP contribution is 2.30. The first kappa shape index (κ1) is 18.4. The van der Waals surface area contributed by atoms with Crippen LogP contribution in [-0.2, 0) is 14.3 Å².